The summed E-state index contributed by atoms with van der Waals surface area (Å²) in [6.07, 6.45) is 2.31. The Morgan fingerprint density at radius 2 is 2.15 bits per heavy atom. The van der Waals surface area contributed by atoms with Gasteiger partial charge in [-0.2, -0.15) is 0 Å². The largest absolute Gasteiger partial charge is 0.478 e. The second kappa shape index (κ2) is 5.60. The first-order valence-corrected chi connectivity index (χ1v) is 5.71. The van der Waals surface area contributed by atoms with Gasteiger partial charge in [0.1, 0.15) is 23.4 Å². The van der Waals surface area contributed by atoms with Crippen LogP contribution >= 0.6 is 0 Å². The number of nitrogens with zero attached hydrogens (tertiary/aromatic N) is 2. The molecule has 2 N–H and O–H groups in total. The highest BCUT2D eigenvalue weighted by Gasteiger charge is 2.14. The van der Waals surface area contributed by atoms with Crippen LogP contribution in [0.4, 0.5) is 14.5 Å². The van der Waals surface area contributed by atoms with Gasteiger partial charge in [-0.05, 0) is 18.6 Å². The van der Waals surface area contributed by atoms with Crippen LogP contribution < -0.4 is 5.32 Å². The van der Waals surface area contributed by atoms with Crippen LogP contribution in [0.1, 0.15) is 21.6 Å². The summed E-state index contributed by atoms with van der Waals surface area (Å²) in [6, 6.07) is 2.46. The third-order valence-corrected chi connectivity index (χ3v) is 2.74. The molecule has 0 saturated carbocycles. The van der Waals surface area contributed by atoms with E-state index in [1.165, 1.54) is 19.3 Å². The predicted molar refractivity (Wildman–Crippen MR) is 67.4 cm³/mol. The monoisotopic (exact) mass is 279 g/mol. The smallest absolute Gasteiger partial charge is 0.339 e. The molecular formula is C13H11F2N3O2. The second-order valence-electron chi connectivity index (χ2n) is 4.10. The number of aromatic carboxylic acids is 1. The Hall–Kier alpha value is -2.57. The zero-order valence-corrected chi connectivity index (χ0v) is 10.5. The van der Waals surface area contributed by atoms with Crippen LogP contribution in [0, 0.1) is 18.6 Å². The Morgan fingerprint density at radius 1 is 1.40 bits per heavy atom. The van der Waals surface area contributed by atoms with Crippen molar-refractivity contribution in [1.29, 1.82) is 0 Å². The lowest BCUT2D eigenvalue weighted by atomic mass is 10.2. The number of carboxylic acids is 1. The number of nitrogens with one attached hydrogen (secondary N) is 1. The fourth-order valence-electron chi connectivity index (χ4n) is 1.67. The molecule has 7 heteroatoms. The van der Waals surface area contributed by atoms with Crippen LogP contribution in [-0.2, 0) is 6.54 Å². The molecule has 2 rings (SSSR count). The Balaban J connectivity index is 2.26. The Bertz CT molecular complexity index is 662. The van der Waals surface area contributed by atoms with Crippen molar-refractivity contribution in [3.8, 4) is 0 Å². The lowest BCUT2D eigenvalue weighted by molar-refractivity contribution is 0.0694. The third kappa shape index (κ3) is 2.71. The van der Waals surface area contributed by atoms with Gasteiger partial charge in [0.05, 0.1) is 12.2 Å². The van der Waals surface area contributed by atoms with Crippen molar-refractivity contribution in [2.75, 3.05) is 5.32 Å². The van der Waals surface area contributed by atoms with Gasteiger partial charge in [-0.15, -0.1) is 0 Å². The molecule has 2 aromatic rings. The van der Waals surface area contributed by atoms with Gasteiger partial charge in [0.2, 0.25) is 0 Å². The average molecular weight is 279 g/mol. The first-order chi connectivity index (χ1) is 9.50. The van der Waals surface area contributed by atoms with Crippen molar-refractivity contribution in [2.24, 2.45) is 0 Å². The molecule has 0 atom stereocenters. The Labute approximate surface area is 113 Å². The number of halogens is 2. The lowest BCUT2D eigenvalue weighted by Crippen LogP contribution is -2.11. The summed E-state index contributed by atoms with van der Waals surface area (Å²) < 4.78 is 27.3. The molecule has 0 radical (unpaired) electrons. The molecule has 1 heterocycles. The van der Waals surface area contributed by atoms with Gasteiger partial charge < -0.3 is 10.4 Å². The van der Waals surface area contributed by atoms with E-state index in [-0.39, 0.29) is 29.1 Å². The van der Waals surface area contributed by atoms with Crippen molar-refractivity contribution in [1.82, 2.24) is 9.97 Å². The van der Waals surface area contributed by atoms with Crippen molar-refractivity contribution in [3.05, 3.63) is 53.1 Å². The molecule has 0 aliphatic rings. The number of anilines is 1. The maximum Gasteiger partial charge on any atom is 0.339 e. The van der Waals surface area contributed by atoms with Crippen molar-refractivity contribution < 1.29 is 18.7 Å². The molecular weight excluding hydrogens is 268 g/mol. The molecule has 0 unspecified atom stereocenters. The molecule has 1 aromatic heterocycles. The van der Waals surface area contributed by atoms with E-state index in [1.807, 2.05) is 0 Å². The number of carboxylic acid groups (broad SMARTS) is 1. The van der Waals surface area contributed by atoms with Gasteiger partial charge in [0.25, 0.3) is 0 Å². The lowest BCUT2D eigenvalue weighted by Gasteiger charge is -2.11. The molecule has 1 aromatic carbocycles. The van der Waals surface area contributed by atoms with Crippen LogP contribution in [0.15, 0.2) is 24.7 Å². The summed E-state index contributed by atoms with van der Waals surface area (Å²) in [7, 11) is 0. The van der Waals surface area contributed by atoms with E-state index in [0.717, 1.165) is 12.3 Å². The first kappa shape index (κ1) is 13.9. The molecule has 0 saturated heterocycles. The fourth-order valence-corrected chi connectivity index (χ4v) is 1.67. The Morgan fingerprint density at radius 3 is 2.85 bits per heavy atom. The molecule has 0 aliphatic heterocycles. The fraction of sp³-hybridized carbons (Fsp3) is 0.154. The summed E-state index contributed by atoms with van der Waals surface area (Å²) in [6.45, 7) is 1.38. The number of hydrogen-bond donors (Lipinski definition) is 2. The zero-order chi connectivity index (χ0) is 14.7. The summed E-state index contributed by atoms with van der Waals surface area (Å²) in [5.41, 5.74) is 0.0104. The second-order valence-corrected chi connectivity index (χ2v) is 4.10. The third-order valence-electron chi connectivity index (χ3n) is 2.74. The molecule has 104 valence electrons. The van der Waals surface area contributed by atoms with E-state index < -0.39 is 17.6 Å². The van der Waals surface area contributed by atoms with E-state index in [1.54, 1.807) is 0 Å². The number of carbonyl (C=O) groups is 1. The van der Waals surface area contributed by atoms with E-state index >= 15 is 0 Å². The van der Waals surface area contributed by atoms with E-state index in [0.29, 0.717) is 0 Å². The maximum absolute atomic E-state index is 13.8. The molecule has 5 nitrogen and oxygen atoms in total. The molecule has 20 heavy (non-hydrogen) atoms. The highest BCUT2D eigenvalue weighted by molar-refractivity contribution is 5.88. The molecule has 0 spiro atoms. The van der Waals surface area contributed by atoms with Crippen LogP contribution in [-0.4, -0.2) is 21.0 Å². The van der Waals surface area contributed by atoms with Gasteiger partial charge in [0.15, 0.2) is 5.82 Å². The van der Waals surface area contributed by atoms with Crippen molar-refractivity contribution >= 4 is 11.7 Å². The number of aromatic nitrogens is 2. The SMILES string of the molecule is Cc1ccc(F)c(NCc2ncncc2C(=O)O)c1F. The molecule has 0 aliphatic carbocycles. The van der Waals surface area contributed by atoms with Gasteiger partial charge in [0, 0.05) is 6.20 Å². The van der Waals surface area contributed by atoms with Gasteiger partial charge in [-0.1, -0.05) is 6.07 Å². The van der Waals surface area contributed by atoms with Crippen LogP contribution in [0.25, 0.3) is 0 Å². The summed E-state index contributed by atoms with van der Waals surface area (Å²) in [4.78, 5) is 18.4. The highest BCUT2D eigenvalue weighted by atomic mass is 19.1. The van der Waals surface area contributed by atoms with Gasteiger partial charge in [-0.3, -0.25) is 0 Å². The minimum atomic E-state index is -1.20. The van der Waals surface area contributed by atoms with Gasteiger partial charge in [-0.25, -0.2) is 23.5 Å². The summed E-state index contributed by atoms with van der Waals surface area (Å²) in [5.74, 6) is -2.66. The summed E-state index contributed by atoms with van der Waals surface area (Å²) >= 11 is 0. The highest BCUT2D eigenvalue weighted by Crippen LogP contribution is 2.22. The van der Waals surface area contributed by atoms with E-state index in [9.17, 15) is 13.6 Å². The van der Waals surface area contributed by atoms with Crippen LogP contribution in [0.2, 0.25) is 0 Å². The quantitative estimate of drug-likeness (QED) is 0.898. The number of rotatable bonds is 4. The van der Waals surface area contributed by atoms with Crippen LogP contribution in [0.3, 0.4) is 0 Å². The number of aryl methyl sites for hydroxylation is 1. The Kier molecular flexibility index (Phi) is 3.88. The zero-order valence-electron chi connectivity index (χ0n) is 10.5. The molecule has 0 fully saturated rings. The summed E-state index contributed by atoms with van der Waals surface area (Å²) in [5, 5.41) is 11.5. The minimum absolute atomic E-state index is 0.117. The van der Waals surface area contributed by atoms with Crippen molar-refractivity contribution in [2.45, 2.75) is 13.5 Å². The number of hydrogen-bond acceptors (Lipinski definition) is 4. The molecule has 0 amide bonds. The van der Waals surface area contributed by atoms with E-state index in [2.05, 4.69) is 15.3 Å². The average Bonchev–Trinajstić information content (AvgIpc) is 2.43. The van der Waals surface area contributed by atoms with Crippen molar-refractivity contribution in [3.63, 3.8) is 0 Å². The normalized spacial score (nSPS) is 10.3. The number of benzene rings is 1. The van der Waals surface area contributed by atoms with E-state index in [4.69, 9.17) is 5.11 Å². The minimum Gasteiger partial charge on any atom is -0.478 e. The predicted octanol–water partition coefficient (Wildman–Crippen LogP) is 2.37. The van der Waals surface area contributed by atoms with Crippen LogP contribution in [0.5, 0.6) is 0 Å². The van der Waals surface area contributed by atoms with Gasteiger partial charge >= 0.3 is 5.97 Å². The molecule has 0 bridgehead atoms. The standard InChI is InChI=1S/C13H11F2N3O2/c1-7-2-3-9(14)12(11(7)15)17-5-10-8(13(19)20)4-16-6-18-10/h2-4,6,17H,5H2,1H3,(H,19,20). The topological polar surface area (TPSA) is 75.1 Å². The first-order valence-electron chi connectivity index (χ1n) is 5.71. The maximum atomic E-state index is 13.8.